The molecule has 0 unspecified atom stereocenters. The molecule has 1 aromatic carbocycles. The zero-order valence-electron chi connectivity index (χ0n) is 14.0. The monoisotopic (exact) mass is 307 g/mol. The van der Waals surface area contributed by atoms with E-state index in [1.807, 2.05) is 19.9 Å². The molecule has 0 bridgehead atoms. The molecule has 0 heterocycles. The van der Waals surface area contributed by atoms with Crippen LogP contribution in [0.5, 0.6) is 5.75 Å². The first-order chi connectivity index (χ1) is 10.3. The average Bonchev–Trinajstić information content (AvgIpc) is 2.42. The Bertz CT molecular complexity index is 537. The minimum absolute atomic E-state index is 0.0348. The van der Waals surface area contributed by atoms with Crippen LogP contribution in [-0.4, -0.2) is 30.6 Å². The van der Waals surface area contributed by atoms with E-state index in [4.69, 9.17) is 9.47 Å². The van der Waals surface area contributed by atoms with Gasteiger partial charge in [0.15, 0.2) is 5.60 Å². The van der Waals surface area contributed by atoms with Gasteiger partial charge in [0.2, 0.25) is 5.91 Å². The van der Waals surface area contributed by atoms with Crippen molar-refractivity contribution in [2.24, 2.45) is 0 Å². The van der Waals surface area contributed by atoms with Gasteiger partial charge >= 0.3 is 5.97 Å². The summed E-state index contributed by atoms with van der Waals surface area (Å²) in [6, 6.07) is 5.47. The fourth-order valence-corrected chi connectivity index (χ4v) is 1.98. The summed E-state index contributed by atoms with van der Waals surface area (Å²) in [5.41, 5.74) is 0.810. The van der Waals surface area contributed by atoms with Crippen LogP contribution in [0, 0.1) is 6.92 Å². The molecule has 1 rings (SSSR count). The highest BCUT2D eigenvalue weighted by molar-refractivity contribution is 5.80. The maximum Gasteiger partial charge on any atom is 0.349 e. The fraction of sp³-hybridized carbons (Fsp3) is 0.529. The number of carbonyl (C=O) groups excluding carboxylic acids is 2. The van der Waals surface area contributed by atoms with Crippen LogP contribution in [0.1, 0.15) is 38.8 Å². The van der Waals surface area contributed by atoms with E-state index in [9.17, 15) is 9.59 Å². The number of aryl methyl sites for hydroxylation is 1. The lowest BCUT2D eigenvalue weighted by atomic mass is 10.0. The van der Waals surface area contributed by atoms with Crippen molar-refractivity contribution in [3.63, 3.8) is 0 Å². The molecule has 0 aliphatic carbocycles. The van der Waals surface area contributed by atoms with Crippen molar-refractivity contribution in [3.8, 4) is 5.75 Å². The van der Waals surface area contributed by atoms with Gasteiger partial charge in [-0.15, -0.1) is 0 Å². The molecule has 0 aliphatic rings. The molecule has 0 radical (unpaired) electrons. The normalized spacial score (nSPS) is 11.0. The van der Waals surface area contributed by atoms with Crippen LogP contribution in [0.2, 0.25) is 0 Å². The Hall–Kier alpha value is -2.04. The molecule has 0 saturated heterocycles. The summed E-state index contributed by atoms with van der Waals surface area (Å²) in [4.78, 5) is 23.6. The summed E-state index contributed by atoms with van der Waals surface area (Å²) in [5.74, 6) is 0.0937. The molecule has 5 heteroatoms. The van der Waals surface area contributed by atoms with E-state index in [2.05, 4.69) is 5.32 Å². The molecular weight excluding hydrogens is 282 g/mol. The van der Waals surface area contributed by atoms with Gasteiger partial charge in [0.05, 0.1) is 13.0 Å². The number of ether oxygens (including phenoxy) is 2. The lowest BCUT2D eigenvalue weighted by Crippen LogP contribution is -2.39. The largest absolute Gasteiger partial charge is 0.476 e. The molecule has 0 fully saturated rings. The topological polar surface area (TPSA) is 64.6 Å². The third-order valence-electron chi connectivity index (χ3n) is 3.19. The number of likely N-dealkylation sites (N-methyl/N-ethyl adjacent to an activating group) is 1. The van der Waals surface area contributed by atoms with Gasteiger partial charge in [0.25, 0.3) is 0 Å². The van der Waals surface area contributed by atoms with Gasteiger partial charge in [-0.1, -0.05) is 6.07 Å². The summed E-state index contributed by atoms with van der Waals surface area (Å²) < 4.78 is 10.7. The average molecular weight is 307 g/mol. The third kappa shape index (κ3) is 5.06. The van der Waals surface area contributed by atoms with Crippen LogP contribution in [0.4, 0.5) is 0 Å². The van der Waals surface area contributed by atoms with Gasteiger partial charge in [0.1, 0.15) is 5.75 Å². The van der Waals surface area contributed by atoms with Crippen molar-refractivity contribution in [3.05, 3.63) is 29.3 Å². The standard InChI is InChI=1S/C17H25NO4/c1-6-18-15(19)11-13-10-14(9-8-12(13)3)22-17(4,5)16(20)21-7-2/h8-10H,6-7,11H2,1-5H3,(H,18,19). The molecule has 122 valence electrons. The Labute approximate surface area is 132 Å². The number of nitrogens with one attached hydrogen (secondary N) is 1. The molecule has 22 heavy (non-hydrogen) atoms. The van der Waals surface area contributed by atoms with Gasteiger partial charge in [-0.25, -0.2) is 4.79 Å². The number of hydrogen-bond acceptors (Lipinski definition) is 4. The quantitative estimate of drug-likeness (QED) is 0.786. The number of esters is 1. The van der Waals surface area contributed by atoms with Gasteiger partial charge < -0.3 is 14.8 Å². The summed E-state index contributed by atoms with van der Waals surface area (Å²) >= 11 is 0. The first kappa shape index (κ1) is 18.0. The first-order valence-corrected chi connectivity index (χ1v) is 7.52. The minimum atomic E-state index is -1.08. The highest BCUT2D eigenvalue weighted by Gasteiger charge is 2.31. The summed E-state index contributed by atoms with van der Waals surface area (Å²) in [6.07, 6.45) is 0.288. The molecule has 0 aromatic heterocycles. The predicted octanol–water partition coefficient (Wildman–Crippen LogP) is 2.39. The highest BCUT2D eigenvalue weighted by atomic mass is 16.6. The predicted molar refractivity (Wildman–Crippen MR) is 84.9 cm³/mol. The Kier molecular flexibility index (Phi) is 6.40. The fourth-order valence-electron chi connectivity index (χ4n) is 1.98. The molecule has 5 nitrogen and oxygen atoms in total. The molecule has 1 N–H and O–H groups in total. The van der Waals surface area contributed by atoms with E-state index in [0.29, 0.717) is 18.9 Å². The van der Waals surface area contributed by atoms with Crippen LogP contribution in [0.15, 0.2) is 18.2 Å². The number of carbonyl (C=O) groups is 2. The van der Waals surface area contributed by atoms with Gasteiger partial charge in [-0.2, -0.15) is 0 Å². The molecule has 0 saturated carbocycles. The SMILES string of the molecule is CCNC(=O)Cc1cc(OC(C)(C)C(=O)OCC)ccc1C. The van der Waals surface area contributed by atoms with E-state index < -0.39 is 11.6 Å². The summed E-state index contributed by atoms with van der Waals surface area (Å²) in [6.45, 7) is 9.81. The van der Waals surface area contributed by atoms with E-state index in [1.54, 1.807) is 32.9 Å². The van der Waals surface area contributed by atoms with Crippen LogP contribution in [0.25, 0.3) is 0 Å². The minimum Gasteiger partial charge on any atom is -0.476 e. The zero-order valence-corrected chi connectivity index (χ0v) is 14.0. The Morgan fingerprint density at radius 2 is 1.91 bits per heavy atom. The maximum absolute atomic E-state index is 11.9. The molecule has 0 aliphatic heterocycles. The maximum atomic E-state index is 11.9. The molecule has 0 spiro atoms. The van der Waals surface area contributed by atoms with Crippen molar-refractivity contribution in [1.29, 1.82) is 0 Å². The lowest BCUT2D eigenvalue weighted by molar-refractivity contribution is -0.158. The van der Waals surface area contributed by atoms with Gasteiger partial charge in [0, 0.05) is 6.54 Å². The molecule has 1 aromatic rings. The number of benzene rings is 1. The molecule has 1 amide bonds. The van der Waals surface area contributed by atoms with Crippen molar-refractivity contribution in [2.75, 3.05) is 13.2 Å². The van der Waals surface area contributed by atoms with Crippen molar-refractivity contribution >= 4 is 11.9 Å². The van der Waals surface area contributed by atoms with Gasteiger partial charge in [-0.05, 0) is 57.9 Å². The van der Waals surface area contributed by atoms with Crippen molar-refractivity contribution < 1.29 is 19.1 Å². The first-order valence-electron chi connectivity index (χ1n) is 7.52. The van der Waals surface area contributed by atoms with Crippen molar-refractivity contribution in [2.45, 2.75) is 46.6 Å². The number of hydrogen-bond donors (Lipinski definition) is 1. The summed E-state index contributed by atoms with van der Waals surface area (Å²) in [7, 11) is 0. The second kappa shape index (κ2) is 7.82. The zero-order chi connectivity index (χ0) is 16.8. The van der Waals surface area contributed by atoms with E-state index in [0.717, 1.165) is 11.1 Å². The Morgan fingerprint density at radius 1 is 1.23 bits per heavy atom. The lowest BCUT2D eigenvalue weighted by Gasteiger charge is -2.24. The molecule has 0 atom stereocenters. The number of amides is 1. The van der Waals surface area contributed by atoms with E-state index in [1.165, 1.54) is 0 Å². The summed E-state index contributed by atoms with van der Waals surface area (Å²) in [5, 5.41) is 2.77. The second-order valence-electron chi connectivity index (χ2n) is 5.55. The highest BCUT2D eigenvalue weighted by Crippen LogP contribution is 2.23. The Balaban J connectivity index is 2.88. The smallest absolute Gasteiger partial charge is 0.349 e. The Morgan fingerprint density at radius 3 is 2.50 bits per heavy atom. The van der Waals surface area contributed by atoms with Gasteiger partial charge in [-0.3, -0.25) is 4.79 Å². The van der Waals surface area contributed by atoms with E-state index >= 15 is 0 Å². The number of rotatable bonds is 7. The van der Waals surface area contributed by atoms with Crippen LogP contribution in [-0.2, 0) is 20.7 Å². The molecular formula is C17H25NO4. The van der Waals surface area contributed by atoms with Crippen molar-refractivity contribution in [1.82, 2.24) is 5.32 Å². The van der Waals surface area contributed by atoms with E-state index in [-0.39, 0.29) is 12.3 Å². The van der Waals surface area contributed by atoms with Crippen LogP contribution >= 0.6 is 0 Å². The third-order valence-corrected chi connectivity index (χ3v) is 3.19. The van der Waals surface area contributed by atoms with Crippen LogP contribution in [0.3, 0.4) is 0 Å². The second-order valence-corrected chi connectivity index (χ2v) is 5.55. The van der Waals surface area contributed by atoms with Crippen LogP contribution < -0.4 is 10.1 Å².